The molecule has 0 radical (unpaired) electrons. The minimum absolute atomic E-state index is 0.0558. The van der Waals surface area contributed by atoms with Crippen molar-refractivity contribution in [2.45, 2.75) is 19.4 Å². The molecular weight excluding hydrogens is 256 g/mol. The molecule has 1 fully saturated rings. The van der Waals surface area contributed by atoms with E-state index in [1.54, 1.807) is 19.1 Å². The molecule has 0 bridgehead atoms. The highest BCUT2D eigenvalue weighted by molar-refractivity contribution is 6.18. The summed E-state index contributed by atoms with van der Waals surface area (Å²) >= 11 is 5.71. The Morgan fingerprint density at radius 2 is 2.28 bits per heavy atom. The van der Waals surface area contributed by atoms with E-state index in [-0.39, 0.29) is 11.8 Å². The van der Waals surface area contributed by atoms with Crippen molar-refractivity contribution >= 4 is 23.5 Å². The zero-order valence-electron chi connectivity index (χ0n) is 10.3. The molecule has 5 nitrogen and oxygen atoms in total. The lowest BCUT2D eigenvalue weighted by molar-refractivity contribution is -0.131. The number of nitrogens with one attached hydrogen (secondary N) is 1. The minimum Gasteiger partial charge on any atom is -0.466 e. The number of carbonyl (C=O) groups is 2. The zero-order valence-corrected chi connectivity index (χ0v) is 11.0. The summed E-state index contributed by atoms with van der Waals surface area (Å²) in [6, 6.07) is 2.95. The van der Waals surface area contributed by atoms with Crippen LogP contribution in [0.1, 0.15) is 19.6 Å². The van der Waals surface area contributed by atoms with E-state index in [2.05, 4.69) is 5.32 Å². The van der Waals surface area contributed by atoms with Gasteiger partial charge >= 0.3 is 6.03 Å². The van der Waals surface area contributed by atoms with Gasteiger partial charge in [0.2, 0.25) is 0 Å². The summed E-state index contributed by atoms with van der Waals surface area (Å²) in [7, 11) is 0. The van der Waals surface area contributed by atoms with Crippen molar-refractivity contribution in [3.63, 3.8) is 0 Å². The van der Waals surface area contributed by atoms with Gasteiger partial charge < -0.3 is 9.73 Å². The summed E-state index contributed by atoms with van der Waals surface area (Å²) in [6.07, 6.45) is 1.48. The van der Waals surface area contributed by atoms with Crippen LogP contribution < -0.4 is 5.32 Å². The van der Waals surface area contributed by atoms with Crippen LogP contribution in [0.25, 0.3) is 0 Å². The first kappa shape index (κ1) is 13.0. The van der Waals surface area contributed by atoms with Gasteiger partial charge in [-0.1, -0.05) is 6.92 Å². The lowest BCUT2D eigenvalue weighted by Crippen LogP contribution is -2.41. The summed E-state index contributed by atoms with van der Waals surface area (Å²) in [5.41, 5.74) is -1.12. The number of carbonyl (C=O) groups excluding carboxylic acids is 2. The van der Waals surface area contributed by atoms with E-state index in [1.165, 1.54) is 11.2 Å². The van der Waals surface area contributed by atoms with Gasteiger partial charge in [0.25, 0.3) is 5.91 Å². The van der Waals surface area contributed by atoms with Gasteiger partial charge in [-0.3, -0.25) is 9.69 Å². The number of hydrogen-bond acceptors (Lipinski definition) is 3. The molecule has 2 heterocycles. The topological polar surface area (TPSA) is 62.6 Å². The second-order valence-corrected chi connectivity index (χ2v) is 5.02. The highest BCUT2D eigenvalue weighted by Gasteiger charge is 2.50. The summed E-state index contributed by atoms with van der Waals surface area (Å²) in [5, 5.41) is 2.66. The molecule has 0 aromatic carbocycles. The van der Waals surface area contributed by atoms with Crippen LogP contribution in [0.2, 0.25) is 0 Å². The maximum absolute atomic E-state index is 12.3. The van der Waals surface area contributed by atoms with Gasteiger partial charge in [-0.25, -0.2) is 4.79 Å². The fourth-order valence-corrected chi connectivity index (χ4v) is 2.05. The number of imide groups is 1. The second-order valence-electron chi connectivity index (χ2n) is 4.71. The third-order valence-electron chi connectivity index (χ3n) is 3.05. The molecule has 1 aliphatic heterocycles. The van der Waals surface area contributed by atoms with Crippen LogP contribution in [0.5, 0.6) is 0 Å². The van der Waals surface area contributed by atoms with Crippen molar-refractivity contribution in [2.75, 3.05) is 12.4 Å². The van der Waals surface area contributed by atoms with Crippen LogP contribution in [-0.2, 0) is 10.3 Å². The summed E-state index contributed by atoms with van der Waals surface area (Å²) in [5.74, 6) is 0.579. The van der Waals surface area contributed by atoms with Gasteiger partial charge in [-0.05, 0) is 25.0 Å². The summed E-state index contributed by atoms with van der Waals surface area (Å²) in [4.78, 5) is 25.4. The van der Waals surface area contributed by atoms with Crippen molar-refractivity contribution in [3.05, 3.63) is 24.2 Å². The molecule has 1 N–H and O–H groups in total. The van der Waals surface area contributed by atoms with Crippen LogP contribution >= 0.6 is 11.6 Å². The van der Waals surface area contributed by atoms with Gasteiger partial charge in [0.15, 0.2) is 5.54 Å². The Labute approximate surface area is 110 Å². The van der Waals surface area contributed by atoms with Gasteiger partial charge in [-0.15, -0.1) is 11.6 Å². The van der Waals surface area contributed by atoms with E-state index in [9.17, 15) is 9.59 Å². The van der Waals surface area contributed by atoms with Crippen LogP contribution in [-0.4, -0.2) is 29.3 Å². The number of halogens is 1. The Hall–Kier alpha value is -1.49. The number of hydrogen-bond donors (Lipinski definition) is 1. The largest absolute Gasteiger partial charge is 0.466 e. The minimum atomic E-state index is -1.12. The molecule has 18 heavy (non-hydrogen) atoms. The smallest absolute Gasteiger partial charge is 0.325 e. The van der Waals surface area contributed by atoms with E-state index in [1.807, 2.05) is 6.92 Å². The Balaban J connectivity index is 2.24. The number of nitrogens with zero attached hydrogens (tertiary/aromatic N) is 1. The Morgan fingerprint density at radius 1 is 1.56 bits per heavy atom. The molecule has 1 saturated heterocycles. The van der Waals surface area contributed by atoms with Crippen molar-refractivity contribution in [1.29, 1.82) is 0 Å². The normalized spacial score (nSPS) is 25.4. The third kappa shape index (κ3) is 1.99. The lowest BCUT2D eigenvalue weighted by atomic mass is 9.99. The van der Waals surface area contributed by atoms with Gasteiger partial charge in [0.05, 0.1) is 6.26 Å². The summed E-state index contributed by atoms with van der Waals surface area (Å²) < 4.78 is 5.23. The van der Waals surface area contributed by atoms with Crippen molar-refractivity contribution in [3.8, 4) is 0 Å². The van der Waals surface area contributed by atoms with Crippen molar-refractivity contribution in [1.82, 2.24) is 10.2 Å². The number of rotatable bonds is 4. The standard InChI is InChI=1S/C12H15ClN2O3/c1-8(6-13)7-15-10(16)12(2,14-11(15)17)9-4-3-5-18-9/h3-5,8H,6-7H2,1-2H3,(H,14,17). The quantitative estimate of drug-likeness (QED) is 0.672. The van der Waals surface area contributed by atoms with E-state index >= 15 is 0 Å². The Morgan fingerprint density at radius 3 is 2.83 bits per heavy atom. The van der Waals surface area contributed by atoms with E-state index < -0.39 is 11.6 Å². The molecular formula is C12H15ClN2O3. The van der Waals surface area contributed by atoms with Gasteiger partial charge in [-0.2, -0.15) is 0 Å². The third-order valence-corrected chi connectivity index (χ3v) is 3.57. The molecule has 3 amide bonds. The molecule has 1 aromatic rings. The number of amides is 3. The first-order valence-electron chi connectivity index (χ1n) is 5.73. The number of furan rings is 1. The molecule has 0 aliphatic carbocycles. The predicted molar refractivity (Wildman–Crippen MR) is 66.2 cm³/mol. The van der Waals surface area contributed by atoms with Crippen LogP contribution in [0.4, 0.5) is 4.79 Å². The first-order chi connectivity index (χ1) is 8.49. The van der Waals surface area contributed by atoms with E-state index in [4.69, 9.17) is 16.0 Å². The molecule has 6 heteroatoms. The highest BCUT2D eigenvalue weighted by atomic mass is 35.5. The monoisotopic (exact) mass is 270 g/mol. The molecule has 0 spiro atoms. The summed E-state index contributed by atoms with van der Waals surface area (Å²) in [6.45, 7) is 3.83. The molecule has 0 saturated carbocycles. The van der Waals surface area contributed by atoms with Crippen LogP contribution in [0, 0.1) is 5.92 Å². The van der Waals surface area contributed by atoms with Crippen LogP contribution in [0.3, 0.4) is 0 Å². The zero-order chi connectivity index (χ0) is 13.3. The molecule has 1 aliphatic rings. The first-order valence-corrected chi connectivity index (χ1v) is 6.26. The van der Waals surface area contributed by atoms with Gasteiger partial charge in [0.1, 0.15) is 5.76 Å². The van der Waals surface area contributed by atoms with E-state index in [0.29, 0.717) is 18.2 Å². The average molecular weight is 271 g/mol. The Bertz CT molecular complexity index is 460. The van der Waals surface area contributed by atoms with Crippen molar-refractivity contribution < 1.29 is 14.0 Å². The molecule has 2 unspecified atom stereocenters. The molecule has 2 atom stereocenters. The number of urea groups is 1. The SMILES string of the molecule is CC(CCl)CN1C(=O)NC(C)(c2ccco2)C1=O. The highest BCUT2D eigenvalue weighted by Crippen LogP contribution is 2.29. The van der Waals surface area contributed by atoms with Gasteiger partial charge in [0, 0.05) is 12.4 Å². The predicted octanol–water partition coefficient (Wildman–Crippen LogP) is 1.92. The Kier molecular flexibility index (Phi) is 3.34. The maximum Gasteiger partial charge on any atom is 0.325 e. The molecule has 1 aromatic heterocycles. The average Bonchev–Trinajstić information content (AvgIpc) is 2.93. The fraction of sp³-hybridized carbons (Fsp3) is 0.500. The van der Waals surface area contributed by atoms with Crippen molar-refractivity contribution in [2.24, 2.45) is 5.92 Å². The fourth-order valence-electron chi connectivity index (χ4n) is 1.95. The molecule has 98 valence electrons. The van der Waals surface area contributed by atoms with Crippen LogP contribution in [0.15, 0.2) is 22.8 Å². The van der Waals surface area contributed by atoms with E-state index in [0.717, 1.165) is 0 Å². The number of alkyl halides is 1. The molecule has 2 rings (SSSR count). The lowest BCUT2D eigenvalue weighted by Gasteiger charge is -2.20. The second kappa shape index (κ2) is 4.65. The maximum atomic E-state index is 12.3.